The van der Waals surface area contributed by atoms with Crippen molar-refractivity contribution in [1.82, 2.24) is 9.97 Å². The number of hydrogen-bond donors (Lipinski definition) is 1. The van der Waals surface area contributed by atoms with Gasteiger partial charge in [-0.05, 0) is 37.3 Å². The van der Waals surface area contributed by atoms with E-state index in [2.05, 4.69) is 9.97 Å². The molecule has 3 aromatic rings. The number of halogens is 1. The first-order valence-electron chi connectivity index (χ1n) is 7.05. The van der Waals surface area contributed by atoms with Gasteiger partial charge in [0.1, 0.15) is 11.3 Å². The number of fused-ring (bicyclic) bond motifs is 2. The minimum atomic E-state index is -0.273. The maximum atomic E-state index is 14.2. The molecule has 0 amide bonds. The highest BCUT2D eigenvalue weighted by molar-refractivity contribution is 7.13. The molecule has 0 fully saturated rings. The summed E-state index contributed by atoms with van der Waals surface area (Å²) < 4.78 is 14.2. The van der Waals surface area contributed by atoms with Crippen LogP contribution in [0.3, 0.4) is 0 Å². The van der Waals surface area contributed by atoms with Gasteiger partial charge < -0.3 is 5.73 Å². The van der Waals surface area contributed by atoms with Crippen molar-refractivity contribution in [2.45, 2.75) is 25.7 Å². The van der Waals surface area contributed by atoms with Crippen LogP contribution in [0, 0.1) is 5.82 Å². The van der Waals surface area contributed by atoms with E-state index >= 15 is 0 Å². The van der Waals surface area contributed by atoms with Crippen LogP contribution in [0.1, 0.15) is 24.1 Å². The van der Waals surface area contributed by atoms with Gasteiger partial charge in [0.15, 0.2) is 5.13 Å². The first kappa shape index (κ1) is 12.7. The summed E-state index contributed by atoms with van der Waals surface area (Å²) in [7, 11) is 0. The van der Waals surface area contributed by atoms with Crippen LogP contribution in [-0.4, -0.2) is 9.97 Å². The average molecular weight is 299 g/mol. The van der Waals surface area contributed by atoms with E-state index in [9.17, 15) is 4.39 Å². The van der Waals surface area contributed by atoms with Gasteiger partial charge in [0.05, 0.1) is 5.69 Å². The molecule has 21 heavy (non-hydrogen) atoms. The average Bonchev–Trinajstić information content (AvgIpc) is 2.92. The van der Waals surface area contributed by atoms with Crippen molar-refractivity contribution in [3.8, 4) is 11.3 Å². The van der Waals surface area contributed by atoms with Crippen molar-refractivity contribution in [3.05, 3.63) is 40.7 Å². The zero-order valence-corrected chi connectivity index (χ0v) is 12.2. The molecule has 0 radical (unpaired) electrons. The summed E-state index contributed by atoms with van der Waals surface area (Å²) in [6, 6.07) is 5.11. The highest BCUT2D eigenvalue weighted by Gasteiger charge is 2.21. The maximum Gasteiger partial charge on any atom is 0.180 e. The van der Waals surface area contributed by atoms with Gasteiger partial charge in [0.25, 0.3) is 0 Å². The molecule has 0 saturated heterocycles. The molecule has 0 spiro atoms. The number of nitrogens with two attached hydrogens (primary N) is 1. The van der Waals surface area contributed by atoms with Crippen LogP contribution in [0.2, 0.25) is 0 Å². The van der Waals surface area contributed by atoms with E-state index in [-0.39, 0.29) is 5.82 Å². The quantitative estimate of drug-likeness (QED) is 0.740. The number of para-hydroxylation sites is 1. The summed E-state index contributed by atoms with van der Waals surface area (Å²) in [4.78, 5) is 8.99. The third-order valence-corrected chi connectivity index (χ3v) is 4.70. The fourth-order valence-electron chi connectivity index (χ4n) is 3.11. The molecule has 3 nitrogen and oxygen atoms in total. The molecule has 0 bridgehead atoms. The number of nitrogens with zero attached hydrogens (tertiary/aromatic N) is 2. The summed E-state index contributed by atoms with van der Waals surface area (Å²) in [5.41, 5.74) is 10.3. The van der Waals surface area contributed by atoms with E-state index in [1.165, 1.54) is 23.0 Å². The van der Waals surface area contributed by atoms with Crippen molar-refractivity contribution in [2.24, 2.45) is 0 Å². The van der Waals surface area contributed by atoms with Gasteiger partial charge in [-0.3, -0.25) is 0 Å². The number of aryl methyl sites for hydroxylation is 1. The Bertz CT molecular complexity index is 841. The highest BCUT2D eigenvalue weighted by atomic mass is 32.1. The molecule has 1 aliphatic rings. The smallest absolute Gasteiger partial charge is 0.180 e. The predicted octanol–water partition coefficient (Wildman–Crippen LogP) is 3.96. The van der Waals surface area contributed by atoms with Crippen LogP contribution in [0.15, 0.2) is 23.6 Å². The number of hydrogen-bond acceptors (Lipinski definition) is 4. The number of benzene rings is 1. The normalized spacial score (nSPS) is 14.3. The summed E-state index contributed by atoms with van der Waals surface area (Å²) in [6.45, 7) is 0. The molecule has 2 aromatic heterocycles. The molecule has 2 heterocycles. The molecule has 4 rings (SSSR count). The van der Waals surface area contributed by atoms with Crippen LogP contribution >= 0.6 is 11.3 Å². The SMILES string of the molecule is Nc1nc(-c2c3c(nc4c(F)cccc24)CCCC3)cs1. The third kappa shape index (κ3) is 2.00. The van der Waals surface area contributed by atoms with Crippen molar-refractivity contribution >= 4 is 27.4 Å². The second-order valence-electron chi connectivity index (χ2n) is 5.33. The van der Waals surface area contributed by atoms with Gasteiger partial charge in [-0.1, -0.05) is 12.1 Å². The standard InChI is InChI=1S/C16H14FN3S/c17-11-6-3-5-10-14(13-8-21-16(18)20-13)9-4-1-2-7-12(9)19-15(10)11/h3,5-6,8H,1-2,4,7H2,(H2,18,20). The first-order chi connectivity index (χ1) is 10.2. The topological polar surface area (TPSA) is 51.8 Å². The van der Waals surface area contributed by atoms with Gasteiger partial charge in [0.2, 0.25) is 0 Å². The van der Waals surface area contributed by atoms with Crippen molar-refractivity contribution in [2.75, 3.05) is 5.73 Å². The van der Waals surface area contributed by atoms with Gasteiger partial charge in [-0.25, -0.2) is 14.4 Å². The summed E-state index contributed by atoms with van der Waals surface area (Å²) in [5, 5.41) is 3.32. The van der Waals surface area contributed by atoms with Crippen LogP contribution in [0.25, 0.3) is 22.2 Å². The van der Waals surface area contributed by atoms with Gasteiger partial charge in [-0.15, -0.1) is 11.3 Å². The lowest BCUT2D eigenvalue weighted by Crippen LogP contribution is -2.08. The van der Waals surface area contributed by atoms with E-state index in [1.807, 2.05) is 11.4 Å². The molecule has 106 valence electrons. The Morgan fingerprint density at radius 3 is 2.81 bits per heavy atom. The Kier molecular flexibility index (Phi) is 2.89. The Morgan fingerprint density at radius 1 is 1.14 bits per heavy atom. The Hall–Kier alpha value is -2.01. The van der Waals surface area contributed by atoms with E-state index in [1.54, 1.807) is 6.07 Å². The molecule has 1 aromatic carbocycles. The minimum absolute atomic E-state index is 0.273. The molecule has 0 saturated carbocycles. The lowest BCUT2D eigenvalue weighted by molar-refractivity contribution is 0.632. The van der Waals surface area contributed by atoms with Crippen molar-refractivity contribution in [1.29, 1.82) is 0 Å². The van der Waals surface area contributed by atoms with Crippen molar-refractivity contribution < 1.29 is 4.39 Å². The van der Waals surface area contributed by atoms with Crippen LogP contribution in [-0.2, 0) is 12.8 Å². The molecular formula is C16H14FN3S. The molecule has 0 unspecified atom stereocenters. The Morgan fingerprint density at radius 2 is 2.00 bits per heavy atom. The van der Waals surface area contributed by atoms with Gasteiger partial charge in [0, 0.05) is 22.0 Å². The molecule has 0 aliphatic heterocycles. The first-order valence-corrected chi connectivity index (χ1v) is 7.93. The van der Waals surface area contributed by atoms with E-state index in [4.69, 9.17) is 5.73 Å². The van der Waals surface area contributed by atoms with E-state index in [0.29, 0.717) is 10.6 Å². The number of rotatable bonds is 1. The van der Waals surface area contributed by atoms with Crippen LogP contribution < -0.4 is 5.73 Å². The molecule has 0 atom stereocenters. The fourth-order valence-corrected chi connectivity index (χ4v) is 3.66. The van der Waals surface area contributed by atoms with Gasteiger partial charge >= 0.3 is 0 Å². The number of nitrogen functional groups attached to an aromatic ring is 1. The summed E-state index contributed by atoms with van der Waals surface area (Å²) in [5.74, 6) is -0.273. The monoisotopic (exact) mass is 299 g/mol. The number of thiazole rings is 1. The lowest BCUT2D eigenvalue weighted by atomic mass is 9.89. The lowest BCUT2D eigenvalue weighted by Gasteiger charge is -2.20. The molecule has 2 N–H and O–H groups in total. The maximum absolute atomic E-state index is 14.2. The van der Waals surface area contributed by atoms with Gasteiger partial charge in [-0.2, -0.15) is 0 Å². The Labute approximate surface area is 125 Å². The van der Waals surface area contributed by atoms with Crippen LogP contribution in [0.4, 0.5) is 9.52 Å². The van der Waals surface area contributed by atoms with E-state index < -0.39 is 0 Å². The Balaban J connectivity index is 2.12. The zero-order valence-electron chi connectivity index (χ0n) is 11.4. The third-order valence-electron chi connectivity index (χ3n) is 4.02. The number of pyridine rings is 1. The second kappa shape index (κ2) is 4.77. The van der Waals surface area contributed by atoms with E-state index in [0.717, 1.165) is 48.0 Å². The zero-order chi connectivity index (χ0) is 14.4. The van der Waals surface area contributed by atoms with Crippen LogP contribution in [0.5, 0.6) is 0 Å². The summed E-state index contributed by atoms with van der Waals surface area (Å²) in [6.07, 6.45) is 4.13. The second-order valence-corrected chi connectivity index (χ2v) is 6.22. The minimum Gasteiger partial charge on any atom is -0.375 e. The number of aromatic nitrogens is 2. The summed E-state index contributed by atoms with van der Waals surface area (Å²) >= 11 is 1.42. The molecular weight excluding hydrogens is 285 g/mol. The fraction of sp³-hybridized carbons (Fsp3) is 0.250. The molecule has 1 aliphatic carbocycles. The van der Waals surface area contributed by atoms with Crippen molar-refractivity contribution in [3.63, 3.8) is 0 Å². The largest absolute Gasteiger partial charge is 0.375 e. The highest BCUT2D eigenvalue weighted by Crippen LogP contribution is 2.37. The molecule has 5 heteroatoms. The number of anilines is 1. The predicted molar refractivity (Wildman–Crippen MR) is 83.9 cm³/mol.